The Bertz CT molecular complexity index is 642. The van der Waals surface area contributed by atoms with Crippen LogP contribution >= 0.6 is 0 Å². The summed E-state index contributed by atoms with van der Waals surface area (Å²) in [7, 11) is 0. The van der Waals surface area contributed by atoms with Crippen molar-refractivity contribution < 1.29 is 19.4 Å². The molecule has 2 aromatic carbocycles. The van der Waals surface area contributed by atoms with E-state index < -0.39 is 19.0 Å². The summed E-state index contributed by atoms with van der Waals surface area (Å²) in [4.78, 5) is 0. The van der Waals surface area contributed by atoms with Gasteiger partial charge in [0.05, 0.1) is 6.10 Å². The van der Waals surface area contributed by atoms with Crippen LogP contribution in [0.3, 0.4) is 0 Å². The van der Waals surface area contributed by atoms with Crippen LogP contribution in [0.15, 0.2) is 48.5 Å². The molecule has 4 N–H and O–H groups in total. The molecule has 0 aliphatic carbocycles. The molecule has 0 radical (unpaired) electrons. The molecule has 0 aliphatic rings. The third-order valence-electron chi connectivity index (χ3n) is 3.26. The van der Waals surface area contributed by atoms with Gasteiger partial charge in [0.25, 0.3) is 0 Å². The Hall–Kier alpha value is -2.04. The van der Waals surface area contributed by atoms with Gasteiger partial charge in [-0.15, -0.1) is 0 Å². The maximum atomic E-state index is 10.4. The van der Waals surface area contributed by atoms with E-state index in [2.05, 4.69) is 5.32 Å². The number of phenols is 2. The molecule has 112 valence electrons. The molecule has 4 nitrogen and oxygen atoms in total. The first-order valence-electron chi connectivity index (χ1n) is 8.25. The number of hydrogen-bond acceptors (Lipinski definition) is 4. The van der Waals surface area contributed by atoms with Crippen LogP contribution < -0.4 is 5.32 Å². The van der Waals surface area contributed by atoms with E-state index in [0.29, 0.717) is 18.5 Å². The van der Waals surface area contributed by atoms with Crippen LogP contribution in [0.4, 0.5) is 0 Å². The predicted octanol–water partition coefficient (Wildman–Crippen LogP) is 2.35. The maximum Gasteiger partial charge on any atom is 0.115 e. The van der Waals surface area contributed by atoms with Crippen LogP contribution in [0.5, 0.6) is 11.5 Å². The summed E-state index contributed by atoms with van der Waals surface area (Å²) in [5.74, 6) is 0.228. The highest BCUT2D eigenvalue weighted by atomic mass is 16.3. The van der Waals surface area contributed by atoms with Crippen LogP contribution in [0.2, 0.25) is 0 Å². The molecule has 0 unspecified atom stereocenters. The molecule has 0 aromatic heterocycles. The van der Waals surface area contributed by atoms with Gasteiger partial charge in [0.15, 0.2) is 0 Å². The third kappa shape index (κ3) is 4.48. The molecule has 0 spiro atoms. The summed E-state index contributed by atoms with van der Waals surface area (Å²) >= 11 is 0. The van der Waals surface area contributed by atoms with E-state index in [4.69, 9.17) is 4.11 Å². The van der Waals surface area contributed by atoms with E-state index in [1.807, 2.05) is 0 Å². The van der Waals surface area contributed by atoms with E-state index in [-0.39, 0.29) is 11.5 Å². The molecule has 2 atom stereocenters. The molecule has 0 bridgehead atoms. The Labute approximate surface area is 128 Å². The number of rotatable bonds is 6. The number of aliphatic hydroxyl groups is 1. The summed E-state index contributed by atoms with van der Waals surface area (Å²) < 4.78 is 23.0. The quantitative estimate of drug-likeness (QED) is 0.659. The maximum absolute atomic E-state index is 10.4. The highest BCUT2D eigenvalue weighted by Gasteiger charge is 2.15. The fourth-order valence-electron chi connectivity index (χ4n) is 2.01. The van der Waals surface area contributed by atoms with Crippen LogP contribution in [0, 0.1) is 0 Å². The minimum Gasteiger partial charge on any atom is -0.508 e. The first kappa shape index (κ1) is 11.6. The summed E-state index contributed by atoms with van der Waals surface area (Å²) in [5, 5.41) is 31.9. The molecule has 0 heterocycles. The third-order valence-corrected chi connectivity index (χ3v) is 3.26. The van der Waals surface area contributed by atoms with E-state index in [9.17, 15) is 15.3 Å². The van der Waals surface area contributed by atoms with Gasteiger partial charge in [-0.05, 0) is 55.2 Å². The normalized spacial score (nSPS) is 16.5. The Morgan fingerprint density at radius 1 is 1.00 bits per heavy atom. The molecule has 0 fully saturated rings. The van der Waals surface area contributed by atoms with Gasteiger partial charge in [-0.3, -0.25) is 0 Å². The fourth-order valence-corrected chi connectivity index (χ4v) is 2.01. The lowest BCUT2D eigenvalue weighted by atomic mass is 10.0. The number of phenolic OH excluding ortho intramolecular Hbond substituents is 2. The molecule has 0 amide bonds. The minimum atomic E-state index is -2.38. The van der Waals surface area contributed by atoms with Crippen molar-refractivity contribution in [2.24, 2.45) is 0 Å². The topological polar surface area (TPSA) is 72.7 Å². The molecule has 2 aromatic rings. The van der Waals surface area contributed by atoms with Crippen LogP contribution in [-0.4, -0.2) is 27.9 Å². The highest BCUT2D eigenvalue weighted by molar-refractivity contribution is 5.28. The Morgan fingerprint density at radius 2 is 1.57 bits per heavy atom. The lowest BCUT2D eigenvalue weighted by molar-refractivity contribution is 0.136. The monoisotopic (exact) mass is 290 g/mol. The van der Waals surface area contributed by atoms with Gasteiger partial charge >= 0.3 is 0 Å². The molecule has 21 heavy (non-hydrogen) atoms. The van der Waals surface area contributed by atoms with E-state index in [1.54, 1.807) is 24.3 Å². The van der Waals surface area contributed by atoms with E-state index in [1.165, 1.54) is 24.3 Å². The highest BCUT2D eigenvalue weighted by Crippen LogP contribution is 2.19. The molecular formula is C17H21NO3. The molecular weight excluding hydrogens is 266 g/mol. The van der Waals surface area contributed by atoms with Gasteiger partial charge in [-0.25, -0.2) is 0 Å². The standard InChI is InChI=1S/C17H21NO3/c1-12(17(21)14-4-8-16(20)9-5-14)18-11-10-13-2-6-15(19)7-3-13/h2-9,12,17-21H,10-11H2,1H3/t12-,17-/m1/s1/i1D3. The van der Waals surface area contributed by atoms with Crippen molar-refractivity contribution in [2.45, 2.75) is 25.4 Å². The van der Waals surface area contributed by atoms with Crippen molar-refractivity contribution in [2.75, 3.05) is 6.54 Å². The zero-order valence-corrected chi connectivity index (χ0v) is 11.5. The van der Waals surface area contributed by atoms with E-state index in [0.717, 1.165) is 5.56 Å². The van der Waals surface area contributed by atoms with Gasteiger partial charge in [0, 0.05) is 10.2 Å². The fraction of sp³-hybridized carbons (Fsp3) is 0.294. The second-order valence-electron chi connectivity index (χ2n) is 4.88. The predicted molar refractivity (Wildman–Crippen MR) is 82.3 cm³/mol. The summed E-state index contributed by atoms with van der Waals surface area (Å²) in [6.07, 6.45) is -0.660. The average Bonchev–Trinajstić information content (AvgIpc) is 2.52. The number of benzene rings is 2. The smallest absolute Gasteiger partial charge is 0.115 e. The second kappa shape index (κ2) is 7.11. The number of aromatic hydroxyl groups is 2. The van der Waals surface area contributed by atoms with Crippen LogP contribution in [0.1, 0.15) is 28.2 Å². The number of nitrogens with one attached hydrogen (secondary N) is 1. The van der Waals surface area contributed by atoms with Crippen molar-refractivity contribution in [1.29, 1.82) is 0 Å². The number of aliphatic hydroxyl groups excluding tert-OH is 1. The van der Waals surface area contributed by atoms with Gasteiger partial charge in [-0.1, -0.05) is 24.3 Å². The van der Waals surface area contributed by atoms with E-state index >= 15 is 0 Å². The lowest BCUT2D eigenvalue weighted by Gasteiger charge is -2.20. The Kier molecular flexibility index (Phi) is 3.93. The van der Waals surface area contributed by atoms with Gasteiger partial charge in [-0.2, -0.15) is 0 Å². The number of hydrogen-bond donors (Lipinski definition) is 4. The first-order valence-corrected chi connectivity index (χ1v) is 6.75. The van der Waals surface area contributed by atoms with Crippen LogP contribution in [-0.2, 0) is 6.42 Å². The van der Waals surface area contributed by atoms with Gasteiger partial charge in [0.2, 0.25) is 0 Å². The summed E-state index contributed by atoms with van der Waals surface area (Å²) in [6, 6.07) is 11.4. The van der Waals surface area contributed by atoms with Crippen LogP contribution in [0.25, 0.3) is 0 Å². The average molecular weight is 290 g/mol. The van der Waals surface area contributed by atoms with Crippen molar-refractivity contribution >= 4 is 0 Å². The van der Waals surface area contributed by atoms with Crippen molar-refractivity contribution in [3.05, 3.63) is 59.7 Å². The minimum absolute atomic E-state index is 0.0525. The molecule has 0 saturated carbocycles. The zero-order chi connectivity index (χ0) is 17.7. The SMILES string of the molecule is [2H]C([2H])([2H])[C@@H](NCCc1ccc(O)cc1)[C@@H](O)c1ccc(O)cc1. The molecule has 0 aliphatic heterocycles. The summed E-state index contributed by atoms with van der Waals surface area (Å²) in [6.45, 7) is -2.02. The Balaban J connectivity index is 2.02. The Morgan fingerprint density at radius 3 is 2.14 bits per heavy atom. The summed E-state index contributed by atoms with van der Waals surface area (Å²) in [5.41, 5.74) is 1.37. The van der Waals surface area contributed by atoms with Gasteiger partial charge in [0.1, 0.15) is 11.5 Å². The molecule has 0 saturated heterocycles. The lowest BCUT2D eigenvalue weighted by Crippen LogP contribution is -2.33. The zero-order valence-electron chi connectivity index (χ0n) is 14.5. The van der Waals surface area contributed by atoms with Crippen molar-refractivity contribution in [1.82, 2.24) is 5.32 Å². The van der Waals surface area contributed by atoms with Gasteiger partial charge < -0.3 is 20.6 Å². The van der Waals surface area contributed by atoms with Crippen molar-refractivity contribution in [3.63, 3.8) is 0 Å². The second-order valence-corrected chi connectivity index (χ2v) is 4.88. The first-order chi connectivity index (χ1) is 11.3. The molecule has 2 rings (SSSR count). The largest absolute Gasteiger partial charge is 0.508 e. The van der Waals surface area contributed by atoms with Crippen molar-refractivity contribution in [3.8, 4) is 11.5 Å². The molecule has 4 heteroatoms.